The van der Waals surface area contributed by atoms with Gasteiger partial charge in [-0.25, -0.2) is 29.0 Å². The molecular weight excluding hydrogens is 264 g/mol. The predicted octanol–water partition coefficient (Wildman–Crippen LogP) is -0.636. The molecule has 1 aromatic rings. The van der Waals surface area contributed by atoms with Crippen molar-refractivity contribution in [2.45, 2.75) is 0 Å². The SMILES string of the molecule is O=C(O)/C=C/C(=O)OOC(=O)c1cc(C(=O)O)[nH]n1. The maximum Gasteiger partial charge on any atom is 0.406 e. The zero-order valence-corrected chi connectivity index (χ0v) is 9.02. The summed E-state index contributed by atoms with van der Waals surface area (Å²) in [5.41, 5.74) is -0.781. The number of aromatic amines is 1. The highest BCUT2D eigenvalue weighted by Gasteiger charge is 2.17. The fourth-order valence-electron chi connectivity index (χ4n) is 0.825. The Balaban J connectivity index is 2.53. The zero-order chi connectivity index (χ0) is 14.4. The lowest BCUT2D eigenvalue weighted by Gasteiger charge is -1.97. The van der Waals surface area contributed by atoms with E-state index in [4.69, 9.17) is 10.2 Å². The molecule has 1 rings (SSSR count). The van der Waals surface area contributed by atoms with Crippen LogP contribution in [0.1, 0.15) is 21.0 Å². The maximum atomic E-state index is 11.2. The molecule has 3 N–H and O–H groups in total. The molecule has 0 aliphatic rings. The second kappa shape index (κ2) is 5.95. The second-order valence-corrected chi connectivity index (χ2v) is 2.92. The molecule has 10 nitrogen and oxygen atoms in total. The van der Waals surface area contributed by atoms with Gasteiger partial charge in [0.25, 0.3) is 0 Å². The number of carboxylic acid groups (broad SMARTS) is 2. The van der Waals surface area contributed by atoms with Crippen LogP contribution in [-0.2, 0) is 19.4 Å². The van der Waals surface area contributed by atoms with Crippen LogP contribution in [-0.4, -0.2) is 44.3 Å². The lowest BCUT2D eigenvalue weighted by Crippen LogP contribution is -2.10. The van der Waals surface area contributed by atoms with E-state index in [9.17, 15) is 19.2 Å². The number of nitrogens with one attached hydrogen (secondary N) is 1. The van der Waals surface area contributed by atoms with Gasteiger partial charge in [-0.3, -0.25) is 5.10 Å². The van der Waals surface area contributed by atoms with Gasteiger partial charge in [-0.1, -0.05) is 0 Å². The molecule has 0 saturated carbocycles. The number of aromatic nitrogens is 2. The first kappa shape index (κ1) is 13.9. The van der Waals surface area contributed by atoms with E-state index in [2.05, 4.69) is 14.9 Å². The Kier molecular flexibility index (Phi) is 4.35. The fraction of sp³-hybridized carbons (Fsp3) is 0. The number of nitrogens with zero attached hydrogens (tertiary/aromatic N) is 1. The Labute approximate surface area is 104 Å². The topological polar surface area (TPSA) is 156 Å². The summed E-state index contributed by atoms with van der Waals surface area (Å²) >= 11 is 0. The highest BCUT2D eigenvalue weighted by molar-refractivity contribution is 5.93. The predicted molar refractivity (Wildman–Crippen MR) is 53.8 cm³/mol. The molecule has 0 saturated heterocycles. The average molecular weight is 270 g/mol. The van der Waals surface area contributed by atoms with Gasteiger partial charge in [0.05, 0.1) is 0 Å². The number of hydrogen-bond donors (Lipinski definition) is 3. The number of carbonyl (C=O) groups excluding carboxylic acids is 2. The second-order valence-electron chi connectivity index (χ2n) is 2.92. The van der Waals surface area contributed by atoms with Crippen molar-refractivity contribution in [1.82, 2.24) is 10.2 Å². The summed E-state index contributed by atoms with van der Waals surface area (Å²) in [4.78, 5) is 50.5. The number of H-pyrrole nitrogens is 1. The first-order valence-electron chi connectivity index (χ1n) is 4.52. The zero-order valence-electron chi connectivity index (χ0n) is 9.02. The molecule has 0 aliphatic heterocycles. The van der Waals surface area contributed by atoms with Crippen LogP contribution in [0.15, 0.2) is 18.2 Å². The van der Waals surface area contributed by atoms with Gasteiger partial charge in [-0.15, -0.1) is 0 Å². The molecule has 1 heterocycles. The highest BCUT2D eigenvalue weighted by Crippen LogP contribution is 2.02. The molecule has 10 heteroatoms. The van der Waals surface area contributed by atoms with E-state index in [1.165, 1.54) is 0 Å². The minimum absolute atomic E-state index is 0.357. The molecule has 100 valence electrons. The van der Waals surface area contributed by atoms with E-state index in [1.807, 2.05) is 5.10 Å². The molecular formula is C9H6N2O8. The van der Waals surface area contributed by atoms with Gasteiger partial charge in [0, 0.05) is 18.2 Å². The first-order chi connectivity index (χ1) is 8.90. The van der Waals surface area contributed by atoms with Crippen LogP contribution in [0.2, 0.25) is 0 Å². The quantitative estimate of drug-likeness (QED) is 0.368. The molecule has 0 aromatic carbocycles. The van der Waals surface area contributed by atoms with Crippen molar-refractivity contribution in [3.63, 3.8) is 0 Å². The lowest BCUT2D eigenvalue weighted by atomic mass is 10.3. The van der Waals surface area contributed by atoms with Crippen LogP contribution in [0.5, 0.6) is 0 Å². The van der Waals surface area contributed by atoms with E-state index >= 15 is 0 Å². The largest absolute Gasteiger partial charge is 0.478 e. The number of aliphatic carboxylic acids is 1. The van der Waals surface area contributed by atoms with Crippen molar-refractivity contribution in [1.29, 1.82) is 0 Å². The van der Waals surface area contributed by atoms with Crippen LogP contribution in [0, 0.1) is 0 Å². The number of carbonyl (C=O) groups is 4. The van der Waals surface area contributed by atoms with Crippen LogP contribution in [0.25, 0.3) is 0 Å². The summed E-state index contributed by atoms with van der Waals surface area (Å²) in [7, 11) is 0. The van der Waals surface area contributed by atoms with Crippen LogP contribution in [0.4, 0.5) is 0 Å². The normalized spacial score (nSPS) is 10.1. The molecule has 0 radical (unpaired) electrons. The van der Waals surface area contributed by atoms with E-state index in [0.717, 1.165) is 6.07 Å². The molecule has 0 atom stereocenters. The van der Waals surface area contributed by atoms with Crippen LogP contribution in [0.3, 0.4) is 0 Å². The van der Waals surface area contributed by atoms with Crippen molar-refractivity contribution in [2.75, 3.05) is 0 Å². The van der Waals surface area contributed by atoms with Gasteiger partial charge in [-0.05, 0) is 0 Å². The Morgan fingerprint density at radius 2 is 1.84 bits per heavy atom. The summed E-state index contributed by atoms with van der Waals surface area (Å²) in [6, 6.07) is 0.867. The van der Waals surface area contributed by atoms with Crippen molar-refractivity contribution in [3.05, 3.63) is 29.6 Å². The maximum absolute atomic E-state index is 11.2. The third-order valence-electron chi connectivity index (χ3n) is 1.58. The van der Waals surface area contributed by atoms with Gasteiger partial charge < -0.3 is 10.2 Å². The van der Waals surface area contributed by atoms with Crippen molar-refractivity contribution in [3.8, 4) is 0 Å². The monoisotopic (exact) mass is 270 g/mol. The van der Waals surface area contributed by atoms with Crippen molar-refractivity contribution < 1.29 is 39.2 Å². The first-order valence-corrected chi connectivity index (χ1v) is 4.52. The fourth-order valence-corrected chi connectivity index (χ4v) is 0.825. The molecule has 0 aliphatic carbocycles. The van der Waals surface area contributed by atoms with Crippen molar-refractivity contribution >= 4 is 23.9 Å². The number of hydrogen-bond acceptors (Lipinski definition) is 7. The van der Waals surface area contributed by atoms with Gasteiger partial charge in [0.1, 0.15) is 5.69 Å². The van der Waals surface area contributed by atoms with E-state index in [0.29, 0.717) is 12.2 Å². The van der Waals surface area contributed by atoms with E-state index in [1.54, 1.807) is 0 Å². The van der Waals surface area contributed by atoms with Crippen molar-refractivity contribution in [2.24, 2.45) is 0 Å². The minimum atomic E-state index is -1.39. The molecule has 0 fully saturated rings. The number of aromatic carboxylic acids is 1. The van der Waals surface area contributed by atoms with E-state index < -0.39 is 29.6 Å². The summed E-state index contributed by atoms with van der Waals surface area (Å²) in [6.07, 6.45) is 0.996. The molecule has 19 heavy (non-hydrogen) atoms. The Morgan fingerprint density at radius 3 is 2.37 bits per heavy atom. The molecule has 1 aromatic heterocycles. The molecule has 0 unspecified atom stereocenters. The third kappa shape index (κ3) is 4.30. The highest BCUT2D eigenvalue weighted by atomic mass is 17.2. The van der Waals surface area contributed by atoms with Gasteiger partial charge in [-0.2, -0.15) is 5.10 Å². The molecule has 0 bridgehead atoms. The average Bonchev–Trinajstić information content (AvgIpc) is 2.83. The third-order valence-corrected chi connectivity index (χ3v) is 1.58. The Hall–Kier alpha value is -3.17. The Bertz CT molecular complexity index is 558. The number of carboxylic acids is 2. The minimum Gasteiger partial charge on any atom is -0.478 e. The molecule has 0 amide bonds. The summed E-state index contributed by atoms with van der Waals surface area (Å²) < 4.78 is 0. The van der Waals surface area contributed by atoms with Crippen LogP contribution < -0.4 is 0 Å². The smallest absolute Gasteiger partial charge is 0.406 e. The lowest BCUT2D eigenvalue weighted by molar-refractivity contribution is -0.228. The summed E-state index contributed by atoms with van der Waals surface area (Å²) in [6.45, 7) is 0. The van der Waals surface area contributed by atoms with Gasteiger partial charge >= 0.3 is 23.9 Å². The molecule has 0 spiro atoms. The van der Waals surface area contributed by atoms with Gasteiger partial charge in [0.2, 0.25) is 0 Å². The summed E-state index contributed by atoms with van der Waals surface area (Å²) in [5, 5.41) is 22.1. The number of rotatable bonds is 4. The standard InChI is InChI=1S/C9H6N2O8/c12-6(13)1-2-7(14)18-19-9(17)5-3-4(8(15)16)10-11-5/h1-3H,(H,10,11)(H,12,13)(H,15,16)/b2-1+. The van der Waals surface area contributed by atoms with E-state index in [-0.39, 0.29) is 5.69 Å². The van der Waals surface area contributed by atoms with Crippen LogP contribution >= 0.6 is 0 Å². The Morgan fingerprint density at radius 1 is 1.16 bits per heavy atom. The summed E-state index contributed by atoms with van der Waals surface area (Å²) in [5.74, 6) is -5.18. The van der Waals surface area contributed by atoms with Gasteiger partial charge in [0.15, 0.2) is 5.69 Å².